The van der Waals surface area contributed by atoms with Crippen molar-refractivity contribution in [3.63, 3.8) is 0 Å². The highest BCUT2D eigenvalue weighted by Crippen LogP contribution is 2.16. The minimum atomic E-state index is 0.319. The fraction of sp³-hybridized carbons (Fsp3) is 0.133. The molecule has 0 amide bonds. The lowest BCUT2D eigenvalue weighted by Crippen LogP contribution is -2.04. The van der Waals surface area contributed by atoms with E-state index >= 15 is 0 Å². The zero-order valence-electron chi connectivity index (χ0n) is 11.9. The van der Waals surface area contributed by atoms with Crippen LogP contribution in [0.3, 0.4) is 0 Å². The average Bonchev–Trinajstić information content (AvgIpc) is 3.21. The van der Waals surface area contributed by atoms with Crippen LogP contribution in [-0.4, -0.2) is 27.3 Å². The van der Waals surface area contributed by atoms with Crippen LogP contribution in [0.2, 0.25) is 0 Å². The van der Waals surface area contributed by atoms with E-state index in [1.165, 1.54) is 11.8 Å². The van der Waals surface area contributed by atoms with Crippen molar-refractivity contribution >= 4 is 29.3 Å². The van der Waals surface area contributed by atoms with Gasteiger partial charge >= 0.3 is 0 Å². The van der Waals surface area contributed by atoms with Crippen LogP contribution in [-0.2, 0) is 6.61 Å². The zero-order chi connectivity index (χ0) is 15.2. The molecule has 5 nitrogen and oxygen atoms in total. The van der Waals surface area contributed by atoms with Gasteiger partial charge in [-0.05, 0) is 29.8 Å². The minimum Gasteiger partial charge on any atom is -0.486 e. The van der Waals surface area contributed by atoms with Gasteiger partial charge in [-0.2, -0.15) is 9.78 Å². The Bertz CT molecular complexity index is 738. The first-order valence-electron chi connectivity index (χ1n) is 6.61. The summed E-state index contributed by atoms with van der Waals surface area (Å²) in [7, 11) is 0. The van der Waals surface area contributed by atoms with Crippen molar-refractivity contribution in [1.29, 1.82) is 0 Å². The van der Waals surface area contributed by atoms with Gasteiger partial charge in [0.1, 0.15) is 12.4 Å². The molecule has 0 saturated carbocycles. The quantitative estimate of drug-likeness (QED) is 0.512. The number of hydrogen-bond donors (Lipinski definition) is 0. The molecule has 7 heteroatoms. The summed E-state index contributed by atoms with van der Waals surface area (Å²) in [5, 5.41) is 15.5. The van der Waals surface area contributed by atoms with E-state index in [0.29, 0.717) is 12.4 Å². The van der Waals surface area contributed by atoms with Gasteiger partial charge < -0.3 is 4.74 Å². The van der Waals surface area contributed by atoms with Gasteiger partial charge in [-0.1, -0.05) is 36.0 Å². The van der Waals surface area contributed by atoms with E-state index in [2.05, 4.69) is 15.3 Å². The summed E-state index contributed by atoms with van der Waals surface area (Å²) in [5.41, 5.74) is 0. The molecule has 3 aromatic rings. The van der Waals surface area contributed by atoms with Gasteiger partial charge in [0.25, 0.3) is 0 Å². The van der Waals surface area contributed by atoms with Crippen LogP contribution in [0.4, 0.5) is 0 Å². The Morgan fingerprint density at radius 1 is 1.23 bits per heavy atom. The van der Waals surface area contributed by atoms with Gasteiger partial charge in [-0.25, -0.2) is 0 Å². The third kappa shape index (κ3) is 3.55. The Balaban J connectivity index is 1.78. The molecular formula is C15H14N4OS2. The summed E-state index contributed by atoms with van der Waals surface area (Å²) in [6.07, 6.45) is 3.75. The van der Waals surface area contributed by atoms with Crippen molar-refractivity contribution in [2.24, 2.45) is 5.10 Å². The molecule has 0 fully saturated rings. The summed E-state index contributed by atoms with van der Waals surface area (Å²) >= 11 is 3.13. The van der Waals surface area contributed by atoms with Gasteiger partial charge in [0, 0.05) is 4.88 Å². The van der Waals surface area contributed by atoms with E-state index in [0.717, 1.165) is 15.8 Å². The van der Waals surface area contributed by atoms with Crippen molar-refractivity contribution in [2.45, 2.75) is 11.8 Å². The Labute approximate surface area is 136 Å². The molecule has 0 atom stereocenters. The smallest absolute Gasteiger partial charge is 0.211 e. The summed E-state index contributed by atoms with van der Waals surface area (Å²) in [6.45, 7) is 0.319. The van der Waals surface area contributed by atoms with Gasteiger partial charge in [0.05, 0.1) is 6.21 Å². The molecule has 2 heterocycles. The highest BCUT2D eigenvalue weighted by molar-refractivity contribution is 7.98. The highest BCUT2D eigenvalue weighted by atomic mass is 32.2. The van der Waals surface area contributed by atoms with E-state index in [4.69, 9.17) is 4.74 Å². The normalized spacial score (nSPS) is 11.1. The fourth-order valence-corrected chi connectivity index (χ4v) is 2.80. The summed E-state index contributed by atoms with van der Waals surface area (Å²) < 4.78 is 7.44. The molecule has 0 aliphatic heterocycles. The Morgan fingerprint density at radius 3 is 2.82 bits per heavy atom. The SMILES string of the molecule is CSc1nnc(COc2ccccc2)n1/N=C\c1cccs1. The predicted molar refractivity (Wildman–Crippen MR) is 89.9 cm³/mol. The third-order valence-corrected chi connectivity index (χ3v) is 4.24. The van der Waals surface area contributed by atoms with Crippen LogP contribution in [0.15, 0.2) is 58.1 Å². The molecule has 0 aliphatic rings. The van der Waals surface area contributed by atoms with Crippen molar-refractivity contribution in [3.05, 3.63) is 58.5 Å². The molecule has 0 bridgehead atoms. The average molecular weight is 330 g/mol. The topological polar surface area (TPSA) is 52.3 Å². The number of benzene rings is 1. The molecule has 0 N–H and O–H groups in total. The van der Waals surface area contributed by atoms with Crippen molar-refractivity contribution in [3.8, 4) is 5.75 Å². The summed E-state index contributed by atoms with van der Waals surface area (Å²) in [6, 6.07) is 13.6. The van der Waals surface area contributed by atoms with Crippen LogP contribution < -0.4 is 4.74 Å². The van der Waals surface area contributed by atoms with Gasteiger partial charge in [-0.3, -0.25) is 0 Å². The lowest BCUT2D eigenvalue weighted by molar-refractivity contribution is 0.290. The molecule has 112 valence electrons. The maximum atomic E-state index is 5.72. The lowest BCUT2D eigenvalue weighted by atomic mass is 10.3. The van der Waals surface area contributed by atoms with Gasteiger partial charge in [0.15, 0.2) is 5.82 Å². The monoisotopic (exact) mass is 330 g/mol. The summed E-state index contributed by atoms with van der Waals surface area (Å²) in [5.74, 6) is 1.46. The third-order valence-electron chi connectivity index (χ3n) is 2.81. The number of hydrogen-bond acceptors (Lipinski definition) is 6. The number of aromatic nitrogens is 3. The molecule has 3 rings (SSSR count). The van der Waals surface area contributed by atoms with Crippen LogP contribution in [0.25, 0.3) is 0 Å². The van der Waals surface area contributed by atoms with E-state index in [9.17, 15) is 0 Å². The second-order valence-electron chi connectivity index (χ2n) is 4.28. The fourth-order valence-electron chi connectivity index (χ4n) is 1.77. The van der Waals surface area contributed by atoms with E-state index in [1.807, 2.05) is 54.1 Å². The number of nitrogens with zero attached hydrogens (tertiary/aromatic N) is 4. The second-order valence-corrected chi connectivity index (χ2v) is 6.03. The van der Waals surface area contributed by atoms with Crippen molar-refractivity contribution in [2.75, 3.05) is 6.26 Å². The maximum Gasteiger partial charge on any atom is 0.211 e. The first kappa shape index (κ1) is 14.8. The number of thioether (sulfide) groups is 1. The number of para-hydroxylation sites is 1. The Kier molecular flexibility index (Phi) is 4.87. The molecule has 0 saturated heterocycles. The number of rotatable bonds is 6. The largest absolute Gasteiger partial charge is 0.486 e. The highest BCUT2D eigenvalue weighted by Gasteiger charge is 2.11. The lowest BCUT2D eigenvalue weighted by Gasteiger charge is -2.05. The second kappa shape index (κ2) is 7.24. The molecule has 22 heavy (non-hydrogen) atoms. The van der Waals surface area contributed by atoms with Crippen LogP contribution >= 0.6 is 23.1 Å². The zero-order valence-corrected chi connectivity index (χ0v) is 13.5. The predicted octanol–water partition coefficient (Wildman–Crippen LogP) is 3.52. The number of ether oxygens (including phenoxy) is 1. The molecule has 0 radical (unpaired) electrons. The first-order valence-corrected chi connectivity index (χ1v) is 8.71. The number of thiophene rings is 1. The summed E-state index contributed by atoms with van der Waals surface area (Å²) in [4.78, 5) is 1.08. The Morgan fingerprint density at radius 2 is 2.09 bits per heavy atom. The minimum absolute atomic E-state index is 0.319. The van der Waals surface area contributed by atoms with E-state index in [-0.39, 0.29) is 0 Å². The maximum absolute atomic E-state index is 5.72. The van der Waals surface area contributed by atoms with E-state index < -0.39 is 0 Å². The van der Waals surface area contributed by atoms with Gasteiger partial charge in [0.2, 0.25) is 5.16 Å². The molecule has 0 unspecified atom stereocenters. The Hall–Kier alpha value is -2.12. The molecule has 0 spiro atoms. The first-order chi connectivity index (χ1) is 10.9. The molecule has 0 aliphatic carbocycles. The van der Waals surface area contributed by atoms with Gasteiger partial charge in [-0.15, -0.1) is 21.5 Å². The van der Waals surface area contributed by atoms with Crippen LogP contribution in [0.5, 0.6) is 5.75 Å². The van der Waals surface area contributed by atoms with Crippen molar-refractivity contribution < 1.29 is 4.74 Å². The molecule has 2 aromatic heterocycles. The molecule has 1 aromatic carbocycles. The molecular weight excluding hydrogens is 316 g/mol. The van der Waals surface area contributed by atoms with Crippen LogP contribution in [0, 0.1) is 0 Å². The standard InChI is InChI=1S/C15H14N4OS2/c1-21-15-18-17-14(11-20-12-6-3-2-4-7-12)19(15)16-10-13-8-5-9-22-13/h2-10H,11H2,1H3/b16-10-. The van der Waals surface area contributed by atoms with E-state index in [1.54, 1.807) is 22.2 Å². The van der Waals surface area contributed by atoms with Crippen LogP contribution in [0.1, 0.15) is 10.7 Å². The van der Waals surface area contributed by atoms with Crippen molar-refractivity contribution in [1.82, 2.24) is 14.9 Å².